The molecule has 0 saturated carbocycles. The van der Waals surface area contributed by atoms with Crippen LogP contribution in [0.25, 0.3) is 0 Å². The van der Waals surface area contributed by atoms with Gasteiger partial charge in [-0.3, -0.25) is 0 Å². The molecular formula is C14H21NO4. The number of anilines is 1. The fourth-order valence-electron chi connectivity index (χ4n) is 2.39. The number of nitrogens with zero attached hydrogens (tertiary/aromatic N) is 1. The summed E-state index contributed by atoms with van der Waals surface area (Å²) in [5.74, 6) is 1.44. The lowest BCUT2D eigenvalue weighted by Gasteiger charge is -2.37. The normalized spacial score (nSPS) is 19.3. The van der Waals surface area contributed by atoms with Crippen LogP contribution >= 0.6 is 0 Å². The molecule has 5 nitrogen and oxygen atoms in total. The Hall–Kier alpha value is -1.46. The molecule has 0 aliphatic carbocycles. The van der Waals surface area contributed by atoms with Crippen LogP contribution in [0.1, 0.15) is 6.42 Å². The van der Waals surface area contributed by atoms with Gasteiger partial charge in [-0.05, 0) is 18.6 Å². The van der Waals surface area contributed by atoms with Crippen molar-refractivity contribution in [1.82, 2.24) is 0 Å². The molecule has 1 aliphatic heterocycles. The lowest BCUT2D eigenvalue weighted by molar-refractivity contribution is 0.0850. The standard InChI is InChI=1S/C14H21NO4/c1-17-13-4-3-11(9-14(13)18-2)15-6-8-19-10-12(15)5-7-16/h3-4,9,12,16H,5-8,10H2,1-2H3. The van der Waals surface area contributed by atoms with Crippen molar-refractivity contribution in [1.29, 1.82) is 0 Å². The van der Waals surface area contributed by atoms with Gasteiger partial charge in [-0.15, -0.1) is 0 Å². The molecule has 0 radical (unpaired) electrons. The summed E-state index contributed by atoms with van der Waals surface area (Å²) in [6, 6.07) is 6.09. The minimum atomic E-state index is 0.165. The van der Waals surface area contributed by atoms with Crippen LogP contribution in [0.4, 0.5) is 5.69 Å². The maximum absolute atomic E-state index is 9.14. The largest absolute Gasteiger partial charge is 0.493 e. The Bertz CT molecular complexity index is 408. The van der Waals surface area contributed by atoms with Gasteiger partial charge in [-0.1, -0.05) is 0 Å². The lowest BCUT2D eigenvalue weighted by Crippen LogP contribution is -2.46. The van der Waals surface area contributed by atoms with Crippen LogP contribution in [-0.2, 0) is 4.74 Å². The van der Waals surface area contributed by atoms with E-state index in [9.17, 15) is 0 Å². The molecule has 1 heterocycles. The molecule has 0 bridgehead atoms. The van der Waals surface area contributed by atoms with Crippen molar-refractivity contribution < 1.29 is 19.3 Å². The Kier molecular flexibility index (Phi) is 4.87. The van der Waals surface area contributed by atoms with Crippen LogP contribution in [0.3, 0.4) is 0 Å². The first-order valence-corrected chi connectivity index (χ1v) is 6.47. The Labute approximate surface area is 113 Å². The molecular weight excluding hydrogens is 246 g/mol. The Morgan fingerprint density at radius 1 is 1.32 bits per heavy atom. The zero-order valence-corrected chi connectivity index (χ0v) is 11.5. The first kappa shape index (κ1) is 14.0. The van der Waals surface area contributed by atoms with Crippen LogP contribution < -0.4 is 14.4 Å². The van der Waals surface area contributed by atoms with Crippen molar-refractivity contribution in [2.24, 2.45) is 0 Å². The molecule has 1 aromatic carbocycles. The summed E-state index contributed by atoms with van der Waals surface area (Å²) >= 11 is 0. The second-order valence-corrected chi connectivity index (χ2v) is 4.47. The van der Waals surface area contributed by atoms with Gasteiger partial charge < -0.3 is 24.2 Å². The Morgan fingerprint density at radius 3 is 2.79 bits per heavy atom. The fraction of sp³-hybridized carbons (Fsp3) is 0.571. The molecule has 0 spiro atoms. The monoisotopic (exact) mass is 267 g/mol. The van der Waals surface area contributed by atoms with Crippen molar-refractivity contribution in [3.8, 4) is 11.5 Å². The second kappa shape index (κ2) is 6.63. The van der Waals surface area contributed by atoms with Crippen LogP contribution in [-0.4, -0.2) is 51.7 Å². The van der Waals surface area contributed by atoms with Crippen molar-refractivity contribution in [2.45, 2.75) is 12.5 Å². The average Bonchev–Trinajstić information content (AvgIpc) is 2.47. The fourth-order valence-corrected chi connectivity index (χ4v) is 2.39. The lowest BCUT2D eigenvalue weighted by atomic mass is 10.1. The van der Waals surface area contributed by atoms with Crippen LogP contribution in [0.2, 0.25) is 0 Å². The van der Waals surface area contributed by atoms with Gasteiger partial charge in [-0.2, -0.15) is 0 Å². The molecule has 2 rings (SSSR count). The molecule has 1 unspecified atom stereocenters. The Morgan fingerprint density at radius 2 is 2.11 bits per heavy atom. The molecule has 1 saturated heterocycles. The number of methoxy groups -OCH3 is 2. The highest BCUT2D eigenvalue weighted by Gasteiger charge is 2.23. The van der Waals surface area contributed by atoms with E-state index in [1.165, 1.54) is 0 Å². The maximum Gasteiger partial charge on any atom is 0.162 e. The van der Waals surface area contributed by atoms with Gasteiger partial charge in [0.2, 0.25) is 0 Å². The number of hydrogen-bond acceptors (Lipinski definition) is 5. The zero-order chi connectivity index (χ0) is 13.7. The molecule has 0 amide bonds. The number of hydrogen-bond donors (Lipinski definition) is 1. The number of benzene rings is 1. The SMILES string of the molecule is COc1ccc(N2CCOCC2CCO)cc1OC. The van der Waals surface area contributed by atoms with Gasteiger partial charge in [0.25, 0.3) is 0 Å². The quantitative estimate of drug-likeness (QED) is 0.871. The minimum absolute atomic E-state index is 0.165. The molecule has 5 heteroatoms. The molecule has 1 atom stereocenters. The molecule has 0 aromatic heterocycles. The van der Waals surface area contributed by atoms with E-state index in [-0.39, 0.29) is 12.6 Å². The van der Waals surface area contributed by atoms with E-state index in [1.807, 2.05) is 18.2 Å². The van der Waals surface area contributed by atoms with Gasteiger partial charge in [0.05, 0.1) is 33.5 Å². The number of rotatable bonds is 5. The maximum atomic E-state index is 9.14. The predicted molar refractivity (Wildman–Crippen MR) is 73.2 cm³/mol. The van der Waals surface area contributed by atoms with E-state index in [1.54, 1.807) is 14.2 Å². The van der Waals surface area contributed by atoms with E-state index >= 15 is 0 Å². The predicted octanol–water partition coefficient (Wildman–Crippen LogP) is 1.29. The third-order valence-corrected chi connectivity index (χ3v) is 3.39. The summed E-state index contributed by atoms with van der Waals surface area (Å²) in [4.78, 5) is 2.25. The minimum Gasteiger partial charge on any atom is -0.493 e. The number of aliphatic hydroxyl groups is 1. The van der Waals surface area contributed by atoms with Gasteiger partial charge >= 0.3 is 0 Å². The average molecular weight is 267 g/mol. The number of ether oxygens (including phenoxy) is 3. The van der Waals surface area contributed by atoms with E-state index in [0.29, 0.717) is 25.4 Å². The summed E-state index contributed by atoms with van der Waals surface area (Å²) in [6.07, 6.45) is 0.703. The third-order valence-electron chi connectivity index (χ3n) is 3.39. The molecule has 1 aliphatic rings. The van der Waals surface area contributed by atoms with Gasteiger partial charge in [0.15, 0.2) is 11.5 Å². The highest BCUT2D eigenvalue weighted by Crippen LogP contribution is 2.33. The third kappa shape index (κ3) is 3.11. The van der Waals surface area contributed by atoms with E-state index < -0.39 is 0 Å². The Balaban J connectivity index is 2.23. The van der Waals surface area contributed by atoms with Crippen molar-refractivity contribution in [3.63, 3.8) is 0 Å². The van der Waals surface area contributed by atoms with Crippen molar-refractivity contribution >= 4 is 5.69 Å². The topological polar surface area (TPSA) is 51.2 Å². The molecule has 19 heavy (non-hydrogen) atoms. The molecule has 106 valence electrons. The zero-order valence-electron chi connectivity index (χ0n) is 11.5. The van der Waals surface area contributed by atoms with E-state index in [2.05, 4.69) is 4.90 Å². The van der Waals surface area contributed by atoms with Gasteiger partial charge in [-0.25, -0.2) is 0 Å². The summed E-state index contributed by atoms with van der Waals surface area (Å²) in [5, 5.41) is 9.14. The van der Waals surface area contributed by atoms with Crippen molar-refractivity contribution in [3.05, 3.63) is 18.2 Å². The first-order valence-electron chi connectivity index (χ1n) is 6.47. The second-order valence-electron chi connectivity index (χ2n) is 4.47. The number of aliphatic hydroxyl groups excluding tert-OH is 1. The number of morpholine rings is 1. The summed E-state index contributed by atoms with van der Waals surface area (Å²) in [7, 11) is 3.26. The van der Waals surface area contributed by atoms with E-state index in [4.69, 9.17) is 19.3 Å². The van der Waals surface area contributed by atoms with Crippen LogP contribution in [0, 0.1) is 0 Å². The van der Waals surface area contributed by atoms with E-state index in [0.717, 1.165) is 18.0 Å². The summed E-state index contributed by atoms with van der Waals surface area (Å²) in [5.41, 5.74) is 1.07. The first-order chi connectivity index (χ1) is 9.30. The summed E-state index contributed by atoms with van der Waals surface area (Å²) < 4.78 is 16.1. The highest BCUT2D eigenvalue weighted by atomic mass is 16.5. The van der Waals surface area contributed by atoms with Crippen LogP contribution in [0.15, 0.2) is 18.2 Å². The highest BCUT2D eigenvalue weighted by molar-refractivity contribution is 5.57. The molecule has 1 fully saturated rings. The smallest absolute Gasteiger partial charge is 0.162 e. The van der Waals surface area contributed by atoms with Gasteiger partial charge in [0, 0.05) is 24.9 Å². The molecule has 1 N–H and O–H groups in total. The van der Waals surface area contributed by atoms with Gasteiger partial charge in [0.1, 0.15) is 0 Å². The molecule has 1 aromatic rings. The van der Waals surface area contributed by atoms with Crippen molar-refractivity contribution in [2.75, 3.05) is 45.5 Å². The summed E-state index contributed by atoms with van der Waals surface area (Å²) in [6.45, 7) is 2.34. The van der Waals surface area contributed by atoms with Crippen LogP contribution in [0.5, 0.6) is 11.5 Å².